The lowest BCUT2D eigenvalue weighted by molar-refractivity contribution is -0.148. The molecule has 5 rings (SSSR count). The topological polar surface area (TPSA) is 60.4 Å². The predicted octanol–water partition coefficient (Wildman–Crippen LogP) is 3.17. The van der Waals surface area contributed by atoms with E-state index in [-0.39, 0.29) is 17.5 Å². The van der Waals surface area contributed by atoms with Crippen LogP contribution < -0.4 is 4.74 Å². The molecule has 124 valence electrons. The highest BCUT2D eigenvalue weighted by molar-refractivity contribution is 6.20. The van der Waals surface area contributed by atoms with Crippen molar-refractivity contribution in [2.24, 2.45) is 17.3 Å². The molecule has 2 fully saturated rings. The molecule has 0 amide bonds. The third kappa shape index (κ3) is 1.85. The molecule has 0 bridgehead atoms. The first kappa shape index (κ1) is 14.6. The van der Waals surface area contributed by atoms with Crippen LogP contribution in [0.3, 0.4) is 0 Å². The van der Waals surface area contributed by atoms with Gasteiger partial charge in [-0.25, -0.2) is 0 Å². The molecule has 2 aliphatic carbocycles. The summed E-state index contributed by atoms with van der Waals surface area (Å²) in [5.74, 6) is -1.49. The maximum absolute atomic E-state index is 13.1. The van der Waals surface area contributed by atoms with Crippen molar-refractivity contribution in [3.63, 3.8) is 0 Å². The van der Waals surface area contributed by atoms with Gasteiger partial charge in [0, 0.05) is 23.0 Å². The molecule has 0 spiro atoms. The lowest BCUT2D eigenvalue weighted by Crippen LogP contribution is -2.37. The lowest BCUT2D eigenvalue weighted by Gasteiger charge is -2.21. The summed E-state index contributed by atoms with van der Waals surface area (Å²) in [6, 6.07) is 16.1. The molecule has 2 aromatic carbocycles. The quantitative estimate of drug-likeness (QED) is 0.373. The Balaban J connectivity index is 1.64. The van der Waals surface area contributed by atoms with E-state index in [0.29, 0.717) is 11.3 Å². The predicted molar refractivity (Wildman–Crippen MR) is 89.2 cm³/mol. The summed E-state index contributed by atoms with van der Waals surface area (Å²) >= 11 is 0. The van der Waals surface area contributed by atoms with Gasteiger partial charge in [-0.15, -0.1) is 0 Å². The minimum Gasteiger partial charge on any atom is -0.425 e. The van der Waals surface area contributed by atoms with E-state index in [9.17, 15) is 14.4 Å². The van der Waals surface area contributed by atoms with E-state index in [2.05, 4.69) is 0 Å². The first-order chi connectivity index (χ1) is 12.2. The van der Waals surface area contributed by atoms with Crippen molar-refractivity contribution in [2.75, 3.05) is 0 Å². The van der Waals surface area contributed by atoms with E-state index in [1.54, 1.807) is 36.4 Å². The Kier molecular flexibility index (Phi) is 2.85. The molecule has 1 aliphatic heterocycles. The second-order valence-corrected chi connectivity index (χ2v) is 7.12. The molecule has 3 atom stereocenters. The van der Waals surface area contributed by atoms with Crippen molar-refractivity contribution in [2.45, 2.75) is 18.8 Å². The van der Waals surface area contributed by atoms with Crippen LogP contribution in [0.15, 0.2) is 54.6 Å². The normalized spacial score (nSPS) is 29.2. The standard InChI is InChI=1S/C21H16O4/c22-18(12-6-2-1-3-7-12)17-16-14-8-4-5-9-15(14)25-20(24)21(16,17)19(23)13-10-11-13/h1-9,13,16-17H,10-11H2/t16-,17-,21-/m1/s1. The van der Waals surface area contributed by atoms with Crippen LogP contribution >= 0.6 is 0 Å². The molecule has 2 aromatic rings. The highest BCUT2D eigenvalue weighted by Gasteiger charge is 2.80. The van der Waals surface area contributed by atoms with E-state index in [1.165, 1.54) is 0 Å². The molecule has 4 heteroatoms. The van der Waals surface area contributed by atoms with Crippen LogP contribution in [0.1, 0.15) is 34.7 Å². The summed E-state index contributed by atoms with van der Waals surface area (Å²) < 4.78 is 5.49. The van der Waals surface area contributed by atoms with Gasteiger partial charge in [0.1, 0.15) is 11.2 Å². The van der Waals surface area contributed by atoms with E-state index >= 15 is 0 Å². The number of benzene rings is 2. The number of hydrogen-bond donors (Lipinski definition) is 0. The maximum Gasteiger partial charge on any atom is 0.326 e. The average Bonchev–Trinajstić information content (AvgIpc) is 3.55. The van der Waals surface area contributed by atoms with Gasteiger partial charge in [-0.3, -0.25) is 14.4 Å². The van der Waals surface area contributed by atoms with Crippen LogP contribution in [-0.4, -0.2) is 17.5 Å². The number of ketones is 2. The van der Waals surface area contributed by atoms with Gasteiger partial charge in [0.15, 0.2) is 11.6 Å². The van der Waals surface area contributed by atoms with Crippen LogP contribution in [0.4, 0.5) is 0 Å². The maximum atomic E-state index is 13.1. The minimum atomic E-state index is -1.32. The van der Waals surface area contributed by atoms with Crippen molar-refractivity contribution < 1.29 is 19.1 Å². The smallest absolute Gasteiger partial charge is 0.326 e. The van der Waals surface area contributed by atoms with Crippen LogP contribution in [0.25, 0.3) is 0 Å². The van der Waals surface area contributed by atoms with Crippen molar-refractivity contribution in [3.8, 4) is 5.75 Å². The zero-order valence-electron chi connectivity index (χ0n) is 13.5. The average molecular weight is 332 g/mol. The van der Waals surface area contributed by atoms with E-state index in [4.69, 9.17) is 4.74 Å². The Morgan fingerprint density at radius 3 is 2.36 bits per heavy atom. The summed E-state index contributed by atoms with van der Waals surface area (Å²) in [7, 11) is 0. The van der Waals surface area contributed by atoms with Gasteiger partial charge in [0.05, 0.1) is 5.92 Å². The van der Waals surface area contributed by atoms with Crippen LogP contribution in [0.2, 0.25) is 0 Å². The van der Waals surface area contributed by atoms with E-state index in [1.807, 2.05) is 18.2 Å². The second kappa shape index (κ2) is 4.88. The molecule has 3 aliphatic rings. The summed E-state index contributed by atoms with van der Waals surface area (Å²) in [6.07, 6.45) is 1.60. The van der Waals surface area contributed by atoms with Crippen molar-refractivity contribution in [1.82, 2.24) is 0 Å². The van der Waals surface area contributed by atoms with Gasteiger partial charge in [-0.2, -0.15) is 0 Å². The second-order valence-electron chi connectivity index (χ2n) is 7.12. The molecule has 2 saturated carbocycles. The third-order valence-electron chi connectivity index (χ3n) is 5.70. The van der Waals surface area contributed by atoms with Gasteiger partial charge in [0.25, 0.3) is 0 Å². The Hall–Kier alpha value is -2.75. The first-order valence-corrected chi connectivity index (χ1v) is 8.60. The highest BCUT2D eigenvalue weighted by atomic mass is 16.5. The summed E-state index contributed by atoms with van der Waals surface area (Å²) in [4.78, 5) is 39.0. The lowest BCUT2D eigenvalue weighted by atomic mass is 9.88. The molecule has 0 unspecified atom stereocenters. The number of esters is 1. The Bertz CT molecular complexity index is 913. The van der Waals surface area contributed by atoms with Crippen LogP contribution in [0, 0.1) is 17.3 Å². The number of para-hydroxylation sites is 1. The fourth-order valence-electron chi connectivity index (χ4n) is 4.31. The largest absolute Gasteiger partial charge is 0.425 e. The number of rotatable bonds is 4. The van der Waals surface area contributed by atoms with Gasteiger partial charge in [-0.1, -0.05) is 48.5 Å². The Morgan fingerprint density at radius 1 is 0.960 bits per heavy atom. The summed E-state index contributed by atoms with van der Waals surface area (Å²) in [5.41, 5.74) is 0.0168. The summed E-state index contributed by atoms with van der Waals surface area (Å²) in [6.45, 7) is 0. The zero-order valence-corrected chi connectivity index (χ0v) is 13.5. The molecular formula is C21H16O4. The number of fused-ring (bicyclic) bond motifs is 3. The van der Waals surface area contributed by atoms with Gasteiger partial charge in [-0.05, 0) is 18.9 Å². The molecule has 0 saturated heterocycles. The molecular weight excluding hydrogens is 316 g/mol. The minimum absolute atomic E-state index is 0.103. The van der Waals surface area contributed by atoms with Gasteiger partial charge < -0.3 is 4.74 Å². The van der Waals surface area contributed by atoms with E-state index < -0.39 is 23.2 Å². The molecule has 25 heavy (non-hydrogen) atoms. The molecule has 0 aromatic heterocycles. The molecule has 4 nitrogen and oxygen atoms in total. The SMILES string of the molecule is O=C(c1ccccc1)[C@H]1[C@H]2c3ccccc3OC(=O)[C@]21C(=O)C1CC1. The van der Waals surface area contributed by atoms with Crippen LogP contribution in [-0.2, 0) is 9.59 Å². The first-order valence-electron chi connectivity index (χ1n) is 8.60. The third-order valence-corrected chi connectivity index (χ3v) is 5.70. The Morgan fingerprint density at radius 2 is 1.64 bits per heavy atom. The number of carbonyl (C=O) groups excluding carboxylic acids is 3. The van der Waals surface area contributed by atoms with Gasteiger partial charge >= 0.3 is 5.97 Å². The van der Waals surface area contributed by atoms with Crippen molar-refractivity contribution in [1.29, 1.82) is 0 Å². The van der Waals surface area contributed by atoms with E-state index in [0.717, 1.165) is 18.4 Å². The molecule has 0 N–H and O–H groups in total. The number of hydrogen-bond acceptors (Lipinski definition) is 4. The number of carbonyl (C=O) groups is 3. The van der Waals surface area contributed by atoms with Crippen molar-refractivity contribution in [3.05, 3.63) is 65.7 Å². The number of ether oxygens (including phenoxy) is 1. The monoisotopic (exact) mass is 332 g/mol. The van der Waals surface area contributed by atoms with Crippen LogP contribution in [0.5, 0.6) is 5.75 Å². The highest BCUT2D eigenvalue weighted by Crippen LogP contribution is 2.71. The summed E-state index contributed by atoms with van der Waals surface area (Å²) in [5, 5.41) is 0. The molecule has 1 heterocycles. The fourth-order valence-corrected chi connectivity index (χ4v) is 4.31. The molecule has 0 radical (unpaired) electrons. The number of Topliss-reactive ketones (excluding diaryl/α,β-unsaturated/α-hetero) is 2. The zero-order chi connectivity index (χ0) is 17.2. The van der Waals surface area contributed by atoms with Gasteiger partial charge in [0.2, 0.25) is 0 Å². The Labute approximate surface area is 144 Å². The fraction of sp³-hybridized carbons (Fsp3) is 0.286. The van der Waals surface area contributed by atoms with Crippen molar-refractivity contribution >= 4 is 17.5 Å².